The van der Waals surface area contributed by atoms with Crippen LogP contribution in [0.15, 0.2) is 24.3 Å². The molecule has 2 heterocycles. The second kappa shape index (κ2) is 6.67. The van der Waals surface area contributed by atoms with Crippen LogP contribution in [0.5, 0.6) is 0 Å². The van der Waals surface area contributed by atoms with Crippen LogP contribution < -0.4 is 0 Å². The van der Waals surface area contributed by atoms with Crippen LogP contribution in [0.25, 0.3) is 0 Å². The Balaban J connectivity index is 1.56. The SMILES string of the molecule is COC(=O)c1ccc(CN2C[C@@H]3C[C@H]2CN3C(=O)OC(C)(C)C)cc1. The molecule has 1 amide bonds. The fourth-order valence-corrected chi connectivity index (χ4v) is 3.59. The van der Waals surface area contributed by atoms with Crippen LogP contribution in [0.3, 0.4) is 0 Å². The van der Waals surface area contributed by atoms with E-state index in [1.165, 1.54) is 7.11 Å². The van der Waals surface area contributed by atoms with Crippen molar-refractivity contribution >= 4 is 12.1 Å². The molecule has 3 rings (SSSR count). The maximum atomic E-state index is 12.3. The van der Waals surface area contributed by atoms with Gasteiger partial charge in [0, 0.05) is 31.7 Å². The normalized spacial score (nSPS) is 23.0. The molecular weight excluding hydrogens is 320 g/mol. The van der Waals surface area contributed by atoms with E-state index in [4.69, 9.17) is 9.47 Å². The average Bonchev–Trinajstić information content (AvgIpc) is 3.13. The maximum Gasteiger partial charge on any atom is 0.410 e. The number of hydrogen-bond acceptors (Lipinski definition) is 5. The molecule has 0 aliphatic carbocycles. The predicted octanol–water partition coefficient (Wildman–Crippen LogP) is 2.67. The maximum absolute atomic E-state index is 12.3. The molecule has 2 bridgehead atoms. The predicted molar refractivity (Wildman–Crippen MR) is 93.3 cm³/mol. The highest BCUT2D eigenvalue weighted by atomic mass is 16.6. The number of carbonyl (C=O) groups is 2. The Hall–Kier alpha value is -2.08. The smallest absolute Gasteiger partial charge is 0.410 e. The van der Waals surface area contributed by atoms with Gasteiger partial charge in [-0.3, -0.25) is 4.90 Å². The van der Waals surface area contributed by atoms with Gasteiger partial charge in [-0.25, -0.2) is 9.59 Å². The summed E-state index contributed by atoms with van der Waals surface area (Å²) in [5.41, 5.74) is 1.26. The van der Waals surface area contributed by atoms with Crippen LogP contribution in [0.4, 0.5) is 4.79 Å². The molecule has 1 aromatic carbocycles. The number of rotatable bonds is 3. The van der Waals surface area contributed by atoms with E-state index in [-0.39, 0.29) is 18.1 Å². The van der Waals surface area contributed by atoms with Crippen LogP contribution in [0.1, 0.15) is 43.1 Å². The van der Waals surface area contributed by atoms with E-state index >= 15 is 0 Å². The molecule has 6 heteroatoms. The molecule has 136 valence electrons. The van der Waals surface area contributed by atoms with Crippen LogP contribution in [0.2, 0.25) is 0 Å². The molecule has 2 atom stereocenters. The van der Waals surface area contributed by atoms with Gasteiger partial charge in [0.2, 0.25) is 0 Å². The molecule has 25 heavy (non-hydrogen) atoms. The zero-order chi connectivity index (χ0) is 18.2. The number of hydrogen-bond donors (Lipinski definition) is 0. The van der Waals surface area contributed by atoms with E-state index in [0.29, 0.717) is 11.6 Å². The molecule has 2 saturated heterocycles. The fraction of sp³-hybridized carbons (Fsp3) is 0.579. The van der Waals surface area contributed by atoms with Gasteiger partial charge < -0.3 is 14.4 Å². The molecule has 2 aliphatic rings. The molecule has 0 aromatic heterocycles. The number of esters is 1. The zero-order valence-electron chi connectivity index (χ0n) is 15.3. The summed E-state index contributed by atoms with van der Waals surface area (Å²) in [6.07, 6.45) is 0.793. The van der Waals surface area contributed by atoms with Crippen molar-refractivity contribution in [3.05, 3.63) is 35.4 Å². The van der Waals surface area contributed by atoms with Crippen LogP contribution in [0, 0.1) is 0 Å². The van der Waals surface area contributed by atoms with Gasteiger partial charge >= 0.3 is 12.1 Å². The lowest BCUT2D eigenvalue weighted by Crippen LogP contribution is -2.49. The Kier molecular flexibility index (Phi) is 4.73. The average molecular weight is 346 g/mol. The summed E-state index contributed by atoms with van der Waals surface area (Å²) in [5.74, 6) is -0.320. The first-order valence-electron chi connectivity index (χ1n) is 8.68. The second-order valence-electron chi connectivity index (χ2n) is 7.79. The lowest BCUT2D eigenvalue weighted by Gasteiger charge is -2.35. The number of piperazine rings is 1. The number of carbonyl (C=O) groups excluding carboxylic acids is 2. The number of methoxy groups -OCH3 is 1. The van der Waals surface area contributed by atoms with Gasteiger partial charge in [-0.15, -0.1) is 0 Å². The molecule has 6 nitrogen and oxygen atoms in total. The van der Waals surface area contributed by atoms with Crippen LogP contribution in [-0.4, -0.2) is 59.7 Å². The number of benzene rings is 1. The summed E-state index contributed by atoms with van der Waals surface area (Å²) < 4.78 is 10.2. The molecule has 2 fully saturated rings. The highest BCUT2D eigenvalue weighted by molar-refractivity contribution is 5.89. The van der Waals surface area contributed by atoms with E-state index in [1.54, 1.807) is 12.1 Å². The molecule has 0 N–H and O–H groups in total. The fourth-order valence-electron chi connectivity index (χ4n) is 3.59. The first-order chi connectivity index (χ1) is 11.8. The lowest BCUT2D eigenvalue weighted by atomic mass is 10.1. The summed E-state index contributed by atoms with van der Waals surface area (Å²) >= 11 is 0. The number of likely N-dealkylation sites (tertiary alicyclic amines) is 2. The van der Waals surface area contributed by atoms with Crippen molar-refractivity contribution in [1.29, 1.82) is 0 Å². The van der Waals surface area contributed by atoms with Gasteiger partial charge in [0.25, 0.3) is 0 Å². The molecule has 0 radical (unpaired) electrons. The van der Waals surface area contributed by atoms with Crippen molar-refractivity contribution < 1.29 is 19.1 Å². The van der Waals surface area contributed by atoms with Gasteiger partial charge in [-0.1, -0.05) is 12.1 Å². The van der Waals surface area contributed by atoms with E-state index < -0.39 is 5.60 Å². The Morgan fingerprint density at radius 2 is 1.80 bits per heavy atom. The number of nitrogens with zero attached hydrogens (tertiary/aromatic N) is 2. The minimum Gasteiger partial charge on any atom is -0.465 e. The highest BCUT2D eigenvalue weighted by Gasteiger charge is 2.46. The van der Waals surface area contributed by atoms with Crippen molar-refractivity contribution in [2.45, 2.75) is 51.4 Å². The molecule has 0 spiro atoms. The molecule has 2 aliphatic heterocycles. The monoisotopic (exact) mass is 346 g/mol. The number of fused-ring (bicyclic) bond motifs is 2. The van der Waals surface area contributed by atoms with E-state index in [1.807, 2.05) is 37.8 Å². The lowest BCUT2D eigenvalue weighted by molar-refractivity contribution is 0.0124. The molecule has 0 unspecified atom stereocenters. The summed E-state index contributed by atoms with van der Waals surface area (Å²) in [6, 6.07) is 8.12. The van der Waals surface area contributed by atoms with Crippen molar-refractivity contribution in [3.63, 3.8) is 0 Å². The highest BCUT2D eigenvalue weighted by Crippen LogP contribution is 2.32. The third-order valence-electron chi connectivity index (χ3n) is 4.74. The molecular formula is C19H26N2O4. The standard InChI is InChI=1S/C19H26N2O4/c1-19(2,3)25-18(23)21-12-15-9-16(21)11-20(15)10-13-5-7-14(8-6-13)17(22)24-4/h5-8,15-16H,9-12H2,1-4H3/t15-,16-/m0/s1. The number of amides is 1. The quantitative estimate of drug-likeness (QED) is 0.788. The van der Waals surface area contributed by atoms with Gasteiger partial charge in [-0.2, -0.15) is 0 Å². The summed E-state index contributed by atoms with van der Waals surface area (Å²) in [6.45, 7) is 8.09. The molecule has 0 saturated carbocycles. The minimum atomic E-state index is -0.458. The molecule has 1 aromatic rings. The largest absolute Gasteiger partial charge is 0.465 e. The summed E-state index contributed by atoms with van der Waals surface area (Å²) in [5, 5.41) is 0. The van der Waals surface area contributed by atoms with E-state index in [0.717, 1.165) is 31.6 Å². The second-order valence-corrected chi connectivity index (χ2v) is 7.79. The van der Waals surface area contributed by atoms with Gasteiger partial charge in [0.05, 0.1) is 12.7 Å². The third kappa shape index (κ3) is 3.95. The van der Waals surface area contributed by atoms with Crippen molar-refractivity contribution in [2.24, 2.45) is 0 Å². The van der Waals surface area contributed by atoms with Gasteiger partial charge in [0.1, 0.15) is 5.60 Å². The van der Waals surface area contributed by atoms with Crippen molar-refractivity contribution in [3.8, 4) is 0 Å². The Morgan fingerprint density at radius 1 is 1.12 bits per heavy atom. The zero-order valence-corrected chi connectivity index (χ0v) is 15.3. The Bertz CT molecular complexity index is 650. The summed E-state index contributed by atoms with van der Waals surface area (Å²) in [4.78, 5) is 28.0. The first-order valence-corrected chi connectivity index (χ1v) is 8.68. The van der Waals surface area contributed by atoms with Gasteiger partial charge in [0.15, 0.2) is 0 Å². The van der Waals surface area contributed by atoms with Gasteiger partial charge in [-0.05, 0) is 44.9 Å². The Labute approximate surface area is 148 Å². The Morgan fingerprint density at radius 3 is 2.32 bits per heavy atom. The third-order valence-corrected chi connectivity index (χ3v) is 4.74. The topological polar surface area (TPSA) is 59.1 Å². The van der Waals surface area contributed by atoms with Crippen LogP contribution in [-0.2, 0) is 16.0 Å². The summed E-state index contributed by atoms with van der Waals surface area (Å²) in [7, 11) is 1.38. The number of ether oxygens (including phenoxy) is 2. The van der Waals surface area contributed by atoms with Crippen molar-refractivity contribution in [2.75, 3.05) is 20.2 Å². The van der Waals surface area contributed by atoms with E-state index in [9.17, 15) is 9.59 Å². The minimum absolute atomic E-state index is 0.206. The van der Waals surface area contributed by atoms with E-state index in [2.05, 4.69) is 4.90 Å². The van der Waals surface area contributed by atoms with Crippen LogP contribution >= 0.6 is 0 Å². The van der Waals surface area contributed by atoms with Crippen molar-refractivity contribution in [1.82, 2.24) is 9.80 Å². The first kappa shape index (κ1) is 17.7.